The van der Waals surface area contributed by atoms with Crippen LogP contribution in [0.3, 0.4) is 0 Å². The largest absolute Gasteiger partial charge is 0.457 e. The van der Waals surface area contributed by atoms with Crippen molar-refractivity contribution in [3.05, 3.63) is 36.5 Å². The molecule has 0 aromatic heterocycles. The fourth-order valence-corrected chi connectivity index (χ4v) is 8.19. The normalized spacial score (nSPS) is 20.1. The predicted molar refractivity (Wildman–Crippen MR) is 253 cm³/mol. The number of hydrogen-bond donors (Lipinski definition) is 4. The molecule has 1 aliphatic heterocycles. The van der Waals surface area contributed by atoms with E-state index in [-0.39, 0.29) is 19.6 Å². The lowest BCUT2D eigenvalue weighted by Crippen LogP contribution is -2.60. The van der Waals surface area contributed by atoms with Crippen molar-refractivity contribution in [2.45, 2.75) is 250 Å². The molecule has 0 bridgehead atoms. The van der Waals surface area contributed by atoms with Crippen LogP contribution < -0.4 is 0 Å². The van der Waals surface area contributed by atoms with Crippen LogP contribution in [0.2, 0.25) is 0 Å². The van der Waals surface area contributed by atoms with Crippen LogP contribution in [0.25, 0.3) is 0 Å². The van der Waals surface area contributed by atoms with Crippen molar-refractivity contribution in [1.29, 1.82) is 0 Å². The number of carbonyl (C=O) groups excluding carboxylic acids is 1. The maximum atomic E-state index is 12.9. The molecule has 4 N–H and O–H groups in total. The van der Waals surface area contributed by atoms with Gasteiger partial charge in [-0.25, -0.2) is 4.18 Å². The lowest BCUT2D eigenvalue weighted by Gasteiger charge is -2.41. The maximum absolute atomic E-state index is 12.9. The maximum Gasteiger partial charge on any atom is 0.397 e. The molecule has 63 heavy (non-hydrogen) atoms. The van der Waals surface area contributed by atoms with Gasteiger partial charge in [-0.05, 0) is 51.4 Å². The molecular formula is C50H92O12S. The average Bonchev–Trinajstić information content (AvgIpc) is 3.26. The summed E-state index contributed by atoms with van der Waals surface area (Å²) in [5.74, 6) is -0.409. The zero-order valence-corrected chi connectivity index (χ0v) is 40.5. The van der Waals surface area contributed by atoms with E-state index in [9.17, 15) is 33.1 Å². The monoisotopic (exact) mass is 917 g/mol. The molecule has 0 aromatic carbocycles. The van der Waals surface area contributed by atoms with Gasteiger partial charge >= 0.3 is 16.4 Å². The van der Waals surface area contributed by atoms with Gasteiger partial charge in [-0.3, -0.25) is 9.35 Å². The van der Waals surface area contributed by atoms with Crippen LogP contribution in [-0.2, 0) is 38.3 Å². The van der Waals surface area contributed by atoms with Gasteiger partial charge in [-0.15, -0.1) is 0 Å². The standard InChI is InChI=1S/C50H92O12S/c1-3-5-7-9-11-13-15-17-19-20-21-22-23-24-25-27-29-31-33-35-37-39-46(52)60-44(43-59-50-48(54)49(62-63(55,56)57)47(53)45(41-51)61-50)42-58-40-38-36-34-32-30-28-26-18-16-14-12-10-8-6-4-2/h15,17,20-21,23-24,44-45,47-51,53-54H,3-14,16,18-19,22,25-43H2,1-2H3,(H,55,56,57)/b17-15-,21-20-,24-23-. The Labute approximate surface area is 383 Å². The first kappa shape index (κ1) is 59.3. The van der Waals surface area contributed by atoms with Crippen LogP contribution in [0.1, 0.15) is 213 Å². The molecule has 0 aromatic rings. The van der Waals surface area contributed by atoms with Crippen molar-refractivity contribution in [1.82, 2.24) is 0 Å². The quantitative estimate of drug-likeness (QED) is 0.0197. The van der Waals surface area contributed by atoms with Crippen LogP contribution in [0.15, 0.2) is 36.5 Å². The number of ether oxygens (including phenoxy) is 4. The van der Waals surface area contributed by atoms with E-state index in [1.165, 1.54) is 116 Å². The summed E-state index contributed by atoms with van der Waals surface area (Å²) in [4.78, 5) is 12.9. The SMILES string of the molecule is CCCCCCC/C=C\C/C=C\C/C=C\CCCCCCCCC(=O)OC(COCCCCCCCCCCCCCCCCC)COC1OC(CO)C(O)C(OS(=O)(=O)O)C1O. The minimum Gasteiger partial charge on any atom is -0.457 e. The van der Waals surface area contributed by atoms with Gasteiger partial charge in [0.1, 0.15) is 30.5 Å². The second-order valence-electron chi connectivity index (χ2n) is 17.4. The highest BCUT2D eigenvalue weighted by Crippen LogP contribution is 2.26. The molecule has 0 aliphatic carbocycles. The Bertz CT molecular complexity index is 1240. The first-order valence-electron chi connectivity index (χ1n) is 25.2. The highest BCUT2D eigenvalue weighted by Gasteiger charge is 2.48. The highest BCUT2D eigenvalue weighted by molar-refractivity contribution is 7.80. The van der Waals surface area contributed by atoms with Crippen LogP contribution in [0.5, 0.6) is 0 Å². The van der Waals surface area contributed by atoms with Crippen molar-refractivity contribution in [3.8, 4) is 0 Å². The number of esters is 1. The molecule has 1 fully saturated rings. The third-order valence-electron chi connectivity index (χ3n) is 11.5. The minimum atomic E-state index is -5.06. The summed E-state index contributed by atoms with van der Waals surface area (Å²) >= 11 is 0. The molecule has 1 heterocycles. The predicted octanol–water partition coefficient (Wildman–Crippen LogP) is 11.4. The van der Waals surface area contributed by atoms with Crippen molar-refractivity contribution in [2.75, 3.05) is 26.4 Å². The van der Waals surface area contributed by atoms with Crippen LogP contribution >= 0.6 is 0 Å². The van der Waals surface area contributed by atoms with Gasteiger partial charge in [0.25, 0.3) is 0 Å². The molecule has 6 atom stereocenters. The lowest BCUT2D eigenvalue weighted by atomic mass is 9.99. The number of hydrogen-bond acceptors (Lipinski definition) is 11. The van der Waals surface area contributed by atoms with Crippen molar-refractivity contribution >= 4 is 16.4 Å². The number of aliphatic hydroxyl groups is 3. The fraction of sp³-hybridized carbons (Fsp3) is 0.860. The molecule has 1 aliphatic rings. The molecule has 12 nitrogen and oxygen atoms in total. The Morgan fingerprint density at radius 3 is 1.52 bits per heavy atom. The number of allylic oxidation sites excluding steroid dienone is 6. The van der Waals surface area contributed by atoms with Crippen LogP contribution in [0, 0.1) is 0 Å². The van der Waals surface area contributed by atoms with Crippen LogP contribution in [-0.4, -0.2) is 97.5 Å². The van der Waals surface area contributed by atoms with Gasteiger partial charge in [0.05, 0.1) is 19.8 Å². The smallest absolute Gasteiger partial charge is 0.397 e. The summed E-state index contributed by atoms with van der Waals surface area (Å²) in [5.41, 5.74) is 0. The molecule has 0 amide bonds. The second-order valence-corrected chi connectivity index (χ2v) is 18.5. The summed E-state index contributed by atoms with van der Waals surface area (Å²) in [5, 5.41) is 30.7. The Kier molecular flexibility index (Phi) is 39.3. The van der Waals surface area contributed by atoms with E-state index in [0.717, 1.165) is 70.6 Å². The summed E-state index contributed by atoms with van der Waals surface area (Å²) in [7, 11) is -5.06. The summed E-state index contributed by atoms with van der Waals surface area (Å²) < 4.78 is 59.2. The average molecular weight is 917 g/mol. The number of carbonyl (C=O) groups is 1. The van der Waals surface area contributed by atoms with E-state index in [2.05, 4.69) is 54.5 Å². The molecule has 13 heteroatoms. The third kappa shape index (κ3) is 35.2. The first-order chi connectivity index (χ1) is 30.6. The van der Waals surface area contributed by atoms with Gasteiger partial charge in [-0.2, -0.15) is 8.42 Å². The summed E-state index contributed by atoms with van der Waals surface area (Å²) in [6.07, 6.45) is 40.3. The van der Waals surface area contributed by atoms with Gasteiger partial charge < -0.3 is 34.3 Å². The number of unbranched alkanes of at least 4 members (excludes halogenated alkanes) is 25. The molecule has 1 saturated heterocycles. The van der Waals surface area contributed by atoms with E-state index in [0.29, 0.717) is 13.0 Å². The van der Waals surface area contributed by atoms with E-state index in [1.807, 2.05) is 0 Å². The Balaban J connectivity index is 2.38. The fourth-order valence-electron chi connectivity index (χ4n) is 7.68. The molecule has 0 saturated carbocycles. The molecule has 0 spiro atoms. The van der Waals surface area contributed by atoms with Gasteiger partial charge in [0.15, 0.2) is 6.29 Å². The molecule has 370 valence electrons. The third-order valence-corrected chi connectivity index (χ3v) is 12.0. The molecule has 6 unspecified atom stereocenters. The summed E-state index contributed by atoms with van der Waals surface area (Å²) in [6, 6.07) is 0. The van der Waals surface area contributed by atoms with Gasteiger partial charge in [0.2, 0.25) is 0 Å². The van der Waals surface area contributed by atoms with E-state index in [4.69, 9.17) is 18.9 Å². The Morgan fingerprint density at radius 1 is 0.603 bits per heavy atom. The molecule has 1 rings (SSSR count). The van der Waals surface area contributed by atoms with E-state index in [1.54, 1.807) is 0 Å². The van der Waals surface area contributed by atoms with Crippen molar-refractivity contribution < 1.29 is 56.2 Å². The van der Waals surface area contributed by atoms with Crippen molar-refractivity contribution in [2.24, 2.45) is 0 Å². The molecular weight excluding hydrogens is 825 g/mol. The number of aliphatic hydroxyl groups excluding tert-OH is 3. The van der Waals surface area contributed by atoms with E-state index < -0.39 is 59.8 Å². The van der Waals surface area contributed by atoms with E-state index >= 15 is 0 Å². The zero-order valence-electron chi connectivity index (χ0n) is 39.6. The Morgan fingerprint density at radius 2 is 1.05 bits per heavy atom. The molecule has 0 radical (unpaired) electrons. The second kappa shape index (κ2) is 41.7. The van der Waals surface area contributed by atoms with Gasteiger partial charge in [0, 0.05) is 13.0 Å². The van der Waals surface area contributed by atoms with Crippen molar-refractivity contribution in [3.63, 3.8) is 0 Å². The topological polar surface area (TPSA) is 178 Å². The lowest BCUT2D eigenvalue weighted by molar-refractivity contribution is -0.301. The van der Waals surface area contributed by atoms with Gasteiger partial charge in [-0.1, -0.05) is 192 Å². The Hall–Kier alpha value is -1.68. The highest BCUT2D eigenvalue weighted by atomic mass is 32.3. The zero-order chi connectivity index (χ0) is 46.1. The number of rotatable bonds is 44. The summed E-state index contributed by atoms with van der Waals surface area (Å²) in [6.45, 7) is 3.99. The van der Waals surface area contributed by atoms with Crippen LogP contribution in [0.4, 0.5) is 0 Å². The minimum absolute atomic E-state index is 0.0333. The first-order valence-corrected chi connectivity index (χ1v) is 26.6.